The maximum absolute atomic E-state index is 13.5. The second-order valence-corrected chi connectivity index (χ2v) is 26.5. The van der Waals surface area contributed by atoms with Crippen molar-refractivity contribution in [1.29, 1.82) is 0 Å². The first-order chi connectivity index (χ1) is 38.9. The summed E-state index contributed by atoms with van der Waals surface area (Å²) in [5, 5.41) is 3.04. The van der Waals surface area contributed by atoms with E-state index < -0.39 is 20.0 Å². The maximum atomic E-state index is 13.5. The topological polar surface area (TPSA) is 114 Å². The fraction of sp³-hybridized carbons (Fsp3) is 0.886. The lowest BCUT2D eigenvalue weighted by Gasteiger charge is -2.30. The quantitative estimate of drug-likeness (QED) is 0.0212. The molecule has 0 aromatic rings. The summed E-state index contributed by atoms with van der Waals surface area (Å²) in [6, 6.07) is -0.883. The summed E-state index contributed by atoms with van der Waals surface area (Å²) in [5.74, 6) is -0.521. The molecule has 0 radical (unpaired) electrons. The monoisotopic (exact) mass is 1150 g/mol. The van der Waals surface area contributed by atoms with Crippen LogP contribution in [0, 0.1) is 0 Å². The Bertz CT molecular complexity index is 1460. The number of unbranched alkanes of at least 4 members (excludes halogenated alkanes) is 44. The van der Waals surface area contributed by atoms with E-state index in [-0.39, 0.29) is 31.5 Å². The lowest BCUT2D eigenvalue weighted by molar-refractivity contribution is -0.870. The Labute approximate surface area is 497 Å². The molecular formula is C70H135N2O7P. The number of nitrogens with one attached hydrogen (secondary N) is 1. The van der Waals surface area contributed by atoms with Gasteiger partial charge in [0.15, 0.2) is 0 Å². The van der Waals surface area contributed by atoms with Gasteiger partial charge in [0, 0.05) is 12.8 Å². The minimum atomic E-state index is -4.70. The van der Waals surface area contributed by atoms with Crippen molar-refractivity contribution in [2.24, 2.45) is 0 Å². The average Bonchev–Trinajstić information content (AvgIpc) is 3.42. The standard InChI is InChI=1S/C70H135N2O7P/c1-7-10-13-16-19-22-25-28-30-31-32-33-34-35-36-37-38-39-40-41-42-45-48-51-54-57-60-63-70(74)79-68(61-58-55-52-49-46-43-27-24-21-18-15-12-9-3)67(66-78-80(75,76)77-65-64-72(4,5)6)71-69(73)62-59-56-53-50-47-44-29-26-23-20-17-14-11-8-2/h19,22,28,30,58,61,67-68H,7-18,20-21,23-27,29,31-57,59-60,62-66H2,1-6H3,(H-,71,73,75,76)/b22-19-,30-28-,61-58-. The van der Waals surface area contributed by atoms with Gasteiger partial charge < -0.3 is 28.5 Å². The predicted molar refractivity (Wildman–Crippen MR) is 344 cm³/mol. The highest BCUT2D eigenvalue weighted by molar-refractivity contribution is 7.45. The summed E-state index contributed by atoms with van der Waals surface area (Å²) in [4.78, 5) is 40.1. The van der Waals surface area contributed by atoms with Gasteiger partial charge in [-0.2, -0.15) is 0 Å². The van der Waals surface area contributed by atoms with Gasteiger partial charge in [-0.1, -0.05) is 308 Å². The molecule has 0 aliphatic rings. The number of nitrogens with zero attached hydrogens (tertiary/aromatic N) is 1. The molecule has 0 aromatic heterocycles. The first-order valence-electron chi connectivity index (χ1n) is 34.8. The Kier molecular flexibility index (Phi) is 59.0. The second-order valence-electron chi connectivity index (χ2n) is 25.0. The number of hydrogen-bond acceptors (Lipinski definition) is 7. The Morgan fingerprint density at radius 2 is 0.762 bits per heavy atom. The first kappa shape index (κ1) is 78.2. The van der Waals surface area contributed by atoms with Gasteiger partial charge in [-0.15, -0.1) is 0 Å². The van der Waals surface area contributed by atoms with Crippen LogP contribution in [0.5, 0.6) is 0 Å². The lowest BCUT2D eigenvalue weighted by atomic mass is 10.0. The van der Waals surface area contributed by atoms with Crippen molar-refractivity contribution >= 4 is 19.7 Å². The number of hydrogen-bond donors (Lipinski definition) is 1. The Morgan fingerprint density at radius 1 is 0.438 bits per heavy atom. The minimum Gasteiger partial charge on any atom is -0.756 e. The van der Waals surface area contributed by atoms with Gasteiger partial charge in [-0.25, -0.2) is 0 Å². The van der Waals surface area contributed by atoms with Gasteiger partial charge in [0.1, 0.15) is 19.3 Å². The fourth-order valence-electron chi connectivity index (χ4n) is 10.4. The van der Waals surface area contributed by atoms with E-state index in [4.69, 9.17) is 13.8 Å². The lowest BCUT2D eigenvalue weighted by Crippen LogP contribution is -2.47. The molecule has 1 N–H and O–H groups in total. The number of carbonyl (C=O) groups excluding carboxylic acids is 2. The highest BCUT2D eigenvalue weighted by atomic mass is 31.2. The van der Waals surface area contributed by atoms with E-state index in [1.807, 2.05) is 33.3 Å². The third-order valence-electron chi connectivity index (χ3n) is 15.8. The van der Waals surface area contributed by atoms with Crippen LogP contribution in [0.4, 0.5) is 0 Å². The minimum absolute atomic E-state index is 0.0186. The molecule has 3 atom stereocenters. The van der Waals surface area contributed by atoms with Crippen molar-refractivity contribution in [2.75, 3.05) is 40.9 Å². The molecule has 0 aliphatic carbocycles. The van der Waals surface area contributed by atoms with Crippen LogP contribution < -0.4 is 10.2 Å². The van der Waals surface area contributed by atoms with Gasteiger partial charge in [0.25, 0.3) is 7.82 Å². The van der Waals surface area contributed by atoms with Crippen LogP contribution >= 0.6 is 7.82 Å². The van der Waals surface area contributed by atoms with E-state index in [0.29, 0.717) is 17.4 Å². The molecule has 472 valence electrons. The molecule has 3 unspecified atom stereocenters. The Balaban J connectivity index is 4.99. The van der Waals surface area contributed by atoms with Crippen LogP contribution in [0.2, 0.25) is 0 Å². The summed E-state index contributed by atoms with van der Waals surface area (Å²) in [6.45, 7) is 6.87. The Morgan fingerprint density at radius 3 is 1.15 bits per heavy atom. The summed E-state index contributed by atoms with van der Waals surface area (Å²) >= 11 is 0. The van der Waals surface area contributed by atoms with E-state index in [2.05, 4.69) is 50.4 Å². The van der Waals surface area contributed by atoms with E-state index in [0.717, 1.165) is 64.2 Å². The summed E-state index contributed by atoms with van der Waals surface area (Å²) in [5.41, 5.74) is 0. The molecule has 0 fully saturated rings. The van der Waals surface area contributed by atoms with Crippen molar-refractivity contribution < 1.29 is 37.3 Å². The SMILES string of the molecule is CCCCC/C=C\C/C=C\CCCCCCCCCCCCCCCCCCCC(=O)OC(/C=C\CCCCCCCCCCCCC)C(COP(=O)([O-])OCC[N+](C)(C)C)NC(=O)CCCCCCCCCCCCCCCC. The van der Waals surface area contributed by atoms with Gasteiger partial charge in [-0.05, 0) is 63.9 Å². The number of phosphoric acid groups is 1. The highest BCUT2D eigenvalue weighted by Crippen LogP contribution is 2.38. The van der Waals surface area contributed by atoms with E-state index >= 15 is 0 Å². The van der Waals surface area contributed by atoms with E-state index in [1.54, 1.807) is 0 Å². The highest BCUT2D eigenvalue weighted by Gasteiger charge is 2.27. The number of rotatable bonds is 64. The molecule has 0 spiro atoms. The molecule has 0 saturated carbocycles. The number of phosphoric ester groups is 1. The second kappa shape index (κ2) is 60.4. The number of allylic oxidation sites excluding steroid dienone is 5. The first-order valence-corrected chi connectivity index (χ1v) is 36.3. The smallest absolute Gasteiger partial charge is 0.306 e. The van der Waals surface area contributed by atoms with E-state index in [1.165, 1.54) is 250 Å². The van der Waals surface area contributed by atoms with Crippen molar-refractivity contribution in [3.63, 3.8) is 0 Å². The largest absolute Gasteiger partial charge is 0.756 e. The van der Waals surface area contributed by atoms with Crippen molar-refractivity contribution in [1.82, 2.24) is 5.32 Å². The third kappa shape index (κ3) is 60.8. The molecule has 0 aromatic carbocycles. The maximum Gasteiger partial charge on any atom is 0.306 e. The van der Waals surface area contributed by atoms with Crippen molar-refractivity contribution in [3.8, 4) is 0 Å². The molecule has 0 rings (SSSR count). The zero-order valence-corrected chi connectivity index (χ0v) is 54.9. The molecule has 0 saturated heterocycles. The zero-order valence-electron chi connectivity index (χ0n) is 54.1. The normalized spacial score (nSPS) is 13.7. The number of quaternary nitrogens is 1. The van der Waals surface area contributed by atoms with Crippen LogP contribution in [0.25, 0.3) is 0 Å². The number of ether oxygens (including phenoxy) is 1. The van der Waals surface area contributed by atoms with Crippen LogP contribution in [0.15, 0.2) is 36.5 Å². The number of carbonyl (C=O) groups is 2. The molecule has 0 aliphatic heterocycles. The third-order valence-corrected chi connectivity index (χ3v) is 16.8. The predicted octanol–water partition coefficient (Wildman–Crippen LogP) is 21.2. The molecule has 9 nitrogen and oxygen atoms in total. The molecule has 0 bridgehead atoms. The fourth-order valence-corrected chi connectivity index (χ4v) is 11.2. The van der Waals surface area contributed by atoms with Crippen LogP contribution in [-0.4, -0.2) is 69.4 Å². The summed E-state index contributed by atoms with van der Waals surface area (Å²) < 4.78 is 30.4. The molecule has 80 heavy (non-hydrogen) atoms. The van der Waals surface area contributed by atoms with Crippen LogP contribution in [0.1, 0.15) is 348 Å². The van der Waals surface area contributed by atoms with Crippen molar-refractivity contribution in [2.45, 2.75) is 360 Å². The number of amides is 1. The van der Waals surface area contributed by atoms with Crippen LogP contribution in [0.3, 0.4) is 0 Å². The van der Waals surface area contributed by atoms with Gasteiger partial charge in [0.05, 0.1) is 33.8 Å². The summed E-state index contributed by atoms with van der Waals surface area (Å²) in [6.07, 6.45) is 74.1. The van der Waals surface area contributed by atoms with Crippen molar-refractivity contribution in [3.05, 3.63) is 36.5 Å². The average molecular weight is 1150 g/mol. The summed E-state index contributed by atoms with van der Waals surface area (Å²) in [7, 11) is 1.20. The molecule has 1 amide bonds. The molecule has 10 heteroatoms. The van der Waals surface area contributed by atoms with Crippen LogP contribution in [-0.2, 0) is 27.9 Å². The zero-order chi connectivity index (χ0) is 58.6. The van der Waals surface area contributed by atoms with Gasteiger partial charge in [0.2, 0.25) is 5.91 Å². The number of likely N-dealkylation sites (N-methyl/N-ethyl adjacent to an activating group) is 1. The van der Waals surface area contributed by atoms with Gasteiger partial charge >= 0.3 is 5.97 Å². The Hall–Kier alpha value is -1.77. The molecule has 0 heterocycles. The molecular weight excluding hydrogens is 1010 g/mol. The van der Waals surface area contributed by atoms with Gasteiger partial charge in [-0.3, -0.25) is 14.2 Å². The number of esters is 1. The van der Waals surface area contributed by atoms with E-state index in [9.17, 15) is 19.0 Å².